The Morgan fingerprint density at radius 1 is 1.29 bits per heavy atom. The van der Waals surface area contributed by atoms with Crippen LogP contribution >= 0.6 is 0 Å². The van der Waals surface area contributed by atoms with Crippen LogP contribution in [-0.4, -0.2) is 23.5 Å². The summed E-state index contributed by atoms with van der Waals surface area (Å²) in [7, 11) is 0. The Bertz CT molecular complexity index is 807. The van der Waals surface area contributed by atoms with Gasteiger partial charge < -0.3 is 9.84 Å². The highest BCUT2D eigenvalue weighted by Crippen LogP contribution is 2.65. The van der Waals surface area contributed by atoms with E-state index in [-0.39, 0.29) is 11.6 Å². The number of fused-ring (bicyclic) bond motifs is 5. The number of nitrogens with one attached hydrogen (secondary N) is 1. The molecule has 7 atom stereocenters. The summed E-state index contributed by atoms with van der Waals surface area (Å²) in [6.07, 6.45) is 13.4. The highest BCUT2D eigenvalue weighted by Gasteiger charge is 2.62. The molecule has 2 saturated carbocycles. The number of aryl methyl sites for hydroxylation is 1. The summed E-state index contributed by atoms with van der Waals surface area (Å²) >= 11 is 0. The van der Waals surface area contributed by atoms with Gasteiger partial charge in [0.2, 0.25) is 0 Å². The molecule has 1 aliphatic heterocycles. The smallest absolute Gasteiger partial charge is 0.150 e. The lowest BCUT2D eigenvalue weighted by molar-refractivity contribution is -0.0811. The van der Waals surface area contributed by atoms with Crippen molar-refractivity contribution in [1.29, 1.82) is 0 Å². The monoisotopic (exact) mass is 379 g/mol. The number of terminal acetylenes is 1. The number of hydrogen-bond donors (Lipinski definition) is 2. The zero-order valence-corrected chi connectivity index (χ0v) is 17.2. The Hall–Kier alpha value is -1.50. The number of hydrogen-bond acceptors (Lipinski definition) is 3. The van der Waals surface area contributed by atoms with Crippen LogP contribution < -0.4 is 10.1 Å². The van der Waals surface area contributed by atoms with E-state index in [1.165, 1.54) is 24.0 Å². The van der Waals surface area contributed by atoms with Gasteiger partial charge in [0.1, 0.15) is 17.6 Å². The van der Waals surface area contributed by atoms with Gasteiger partial charge >= 0.3 is 0 Å². The maximum atomic E-state index is 11.2. The second kappa shape index (κ2) is 6.51. The molecule has 1 saturated heterocycles. The molecule has 0 amide bonds. The third-order valence-corrected chi connectivity index (χ3v) is 8.67. The van der Waals surface area contributed by atoms with Gasteiger partial charge in [-0.05, 0) is 98.4 Å². The largest absolute Gasteiger partial charge is 0.475 e. The number of rotatable bonds is 2. The first kappa shape index (κ1) is 18.5. The summed E-state index contributed by atoms with van der Waals surface area (Å²) in [6.45, 7) is 5.69. The first-order valence-corrected chi connectivity index (χ1v) is 11.2. The van der Waals surface area contributed by atoms with Crippen LogP contribution in [0.4, 0.5) is 0 Å². The van der Waals surface area contributed by atoms with Crippen LogP contribution in [0.1, 0.15) is 69.4 Å². The average molecular weight is 380 g/mol. The Labute approximate surface area is 169 Å². The van der Waals surface area contributed by atoms with Gasteiger partial charge in [0.05, 0.1) is 0 Å². The highest BCUT2D eigenvalue weighted by molar-refractivity contribution is 5.42. The molecule has 150 valence electrons. The summed E-state index contributed by atoms with van der Waals surface area (Å²) in [6, 6.07) is 6.80. The van der Waals surface area contributed by atoms with Crippen molar-refractivity contribution in [2.45, 2.75) is 76.5 Å². The molecule has 4 aliphatic rings. The predicted molar refractivity (Wildman–Crippen MR) is 111 cm³/mol. The van der Waals surface area contributed by atoms with Crippen molar-refractivity contribution in [1.82, 2.24) is 5.32 Å². The van der Waals surface area contributed by atoms with Gasteiger partial charge in [-0.1, -0.05) is 25.8 Å². The molecule has 28 heavy (non-hydrogen) atoms. The molecule has 2 N–H and O–H groups in total. The third kappa shape index (κ3) is 2.57. The minimum Gasteiger partial charge on any atom is -0.475 e. The molecule has 3 heteroatoms. The van der Waals surface area contributed by atoms with Crippen molar-refractivity contribution in [3.8, 4) is 18.1 Å². The lowest BCUT2D eigenvalue weighted by Gasteiger charge is -2.54. The molecule has 1 heterocycles. The summed E-state index contributed by atoms with van der Waals surface area (Å²) in [5.41, 5.74) is 1.92. The van der Waals surface area contributed by atoms with Gasteiger partial charge in [0.15, 0.2) is 0 Å². The molecule has 3 nitrogen and oxygen atoms in total. The van der Waals surface area contributed by atoms with Crippen LogP contribution in [0.5, 0.6) is 5.75 Å². The molecular weight excluding hydrogens is 346 g/mol. The first-order chi connectivity index (χ1) is 13.4. The zero-order chi connectivity index (χ0) is 19.5. The van der Waals surface area contributed by atoms with Crippen molar-refractivity contribution in [2.75, 3.05) is 6.54 Å². The molecule has 5 rings (SSSR count). The Kier molecular flexibility index (Phi) is 4.30. The lowest BCUT2D eigenvalue weighted by Crippen LogP contribution is -2.52. The van der Waals surface area contributed by atoms with Crippen LogP contribution in [0.15, 0.2) is 18.2 Å². The van der Waals surface area contributed by atoms with E-state index in [1.54, 1.807) is 0 Å². The summed E-state index contributed by atoms with van der Waals surface area (Å²) in [5, 5.41) is 14.6. The molecule has 1 unspecified atom stereocenters. The molecule has 3 fully saturated rings. The fourth-order valence-corrected chi connectivity index (χ4v) is 7.34. The van der Waals surface area contributed by atoms with E-state index in [2.05, 4.69) is 43.3 Å². The normalized spacial score (nSPS) is 44.3. The van der Waals surface area contributed by atoms with Gasteiger partial charge in [-0.2, -0.15) is 0 Å². The van der Waals surface area contributed by atoms with Crippen LogP contribution in [0.3, 0.4) is 0 Å². The number of benzene rings is 1. The van der Waals surface area contributed by atoms with E-state index in [0.717, 1.165) is 44.4 Å². The molecule has 1 aromatic carbocycles. The van der Waals surface area contributed by atoms with Gasteiger partial charge in [0, 0.05) is 5.41 Å². The van der Waals surface area contributed by atoms with E-state index in [9.17, 15) is 5.11 Å². The lowest BCUT2D eigenvalue weighted by atomic mass is 9.50. The summed E-state index contributed by atoms with van der Waals surface area (Å²) in [5.74, 6) is 6.08. The standard InChI is InChI=1S/C25H33NO2/c1-4-25(27)12-11-21-20-9-7-17-14-18(28-22-6-5-13-26-22)8-10-19(17)23(20)16(2)15-24(21,25)3/h1,8,10,14,16,20-23,26-27H,5-7,9,11-13,15H2,2-3H3/t16-,20-,21-,22?,23+,24-,25-/m0/s1. The van der Waals surface area contributed by atoms with Crippen molar-refractivity contribution >= 4 is 0 Å². The minimum atomic E-state index is -0.927. The number of aliphatic hydroxyl groups is 1. The maximum Gasteiger partial charge on any atom is 0.150 e. The van der Waals surface area contributed by atoms with E-state index in [1.807, 2.05) is 0 Å². The molecule has 0 aromatic heterocycles. The topological polar surface area (TPSA) is 41.5 Å². The molecule has 3 aliphatic carbocycles. The van der Waals surface area contributed by atoms with Crippen molar-refractivity contribution in [3.63, 3.8) is 0 Å². The maximum absolute atomic E-state index is 11.2. The van der Waals surface area contributed by atoms with Crippen LogP contribution in [-0.2, 0) is 6.42 Å². The average Bonchev–Trinajstić information content (AvgIpc) is 3.28. The van der Waals surface area contributed by atoms with Crippen molar-refractivity contribution < 1.29 is 9.84 Å². The van der Waals surface area contributed by atoms with Crippen LogP contribution in [0.25, 0.3) is 0 Å². The zero-order valence-electron chi connectivity index (χ0n) is 17.2. The van der Waals surface area contributed by atoms with Crippen molar-refractivity contribution in [3.05, 3.63) is 29.3 Å². The summed E-state index contributed by atoms with van der Waals surface area (Å²) < 4.78 is 6.17. The Balaban J connectivity index is 1.44. The van der Waals surface area contributed by atoms with Gasteiger partial charge in [-0.25, -0.2) is 0 Å². The van der Waals surface area contributed by atoms with Crippen LogP contribution in [0.2, 0.25) is 0 Å². The fraction of sp³-hybridized carbons (Fsp3) is 0.680. The second-order valence-electron chi connectivity index (χ2n) is 10.0. The minimum absolute atomic E-state index is 0.142. The van der Waals surface area contributed by atoms with E-state index >= 15 is 0 Å². The first-order valence-electron chi connectivity index (χ1n) is 11.2. The van der Waals surface area contributed by atoms with E-state index in [0.29, 0.717) is 23.7 Å². The third-order valence-electron chi connectivity index (χ3n) is 8.67. The second-order valence-corrected chi connectivity index (χ2v) is 10.0. The van der Waals surface area contributed by atoms with Gasteiger partial charge in [0.25, 0.3) is 0 Å². The Morgan fingerprint density at radius 2 is 2.14 bits per heavy atom. The quantitative estimate of drug-likeness (QED) is 0.755. The molecule has 0 spiro atoms. The molecule has 0 radical (unpaired) electrons. The van der Waals surface area contributed by atoms with E-state index in [4.69, 9.17) is 11.2 Å². The fourth-order valence-electron chi connectivity index (χ4n) is 7.34. The SMILES string of the molecule is C#C[C@]1(O)CC[C@H]2[C@@H]3CCc4cc(OC5CCCN5)ccc4[C@H]3[C@@H](C)C[C@@]21C. The highest BCUT2D eigenvalue weighted by atomic mass is 16.5. The van der Waals surface area contributed by atoms with Crippen molar-refractivity contribution in [2.24, 2.45) is 23.2 Å². The van der Waals surface area contributed by atoms with Gasteiger partial charge in [-0.3, -0.25) is 5.32 Å². The molecule has 1 aromatic rings. The number of ether oxygens (including phenoxy) is 1. The molecular formula is C25H33NO2. The Morgan fingerprint density at radius 3 is 2.89 bits per heavy atom. The molecule has 0 bridgehead atoms. The van der Waals surface area contributed by atoms with E-state index < -0.39 is 5.60 Å². The summed E-state index contributed by atoms with van der Waals surface area (Å²) in [4.78, 5) is 0. The predicted octanol–water partition coefficient (Wildman–Crippen LogP) is 4.24. The van der Waals surface area contributed by atoms with Gasteiger partial charge in [-0.15, -0.1) is 6.42 Å². The van der Waals surface area contributed by atoms with Crippen LogP contribution in [0, 0.1) is 35.5 Å².